The van der Waals surface area contributed by atoms with Crippen LogP contribution in [0.3, 0.4) is 0 Å². The molecule has 150 valence electrons. The summed E-state index contributed by atoms with van der Waals surface area (Å²) in [4.78, 5) is 27.5. The summed E-state index contributed by atoms with van der Waals surface area (Å²) < 4.78 is 33.6. The first-order chi connectivity index (χ1) is 13.9. The Bertz CT molecular complexity index is 1030. The van der Waals surface area contributed by atoms with Crippen LogP contribution in [0.4, 0.5) is 4.39 Å². The van der Waals surface area contributed by atoms with Crippen LogP contribution in [-0.2, 0) is 19.1 Å². The molecule has 2 aromatic carbocycles. The lowest BCUT2D eigenvalue weighted by Gasteiger charge is -2.12. The minimum absolute atomic E-state index is 0.00292. The van der Waals surface area contributed by atoms with Gasteiger partial charge in [0.25, 0.3) is 0 Å². The molecule has 7 nitrogen and oxygen atoms in total. The van der Waals surface area contributed by atoms with Crippen LogP contribution in [0.25, 0.3) is 6.08 Å². The van der Waals surface area contributed by atoms with Crippen molar-refractivity contribution in [2.45, 2.75) is 0 Å². The van der Waals surface area contributed by atoms with Gasteiger partial charge in [-0.1, -0.05) is 17.7 Å². The van der Waals surface area contributed by atoms with Crippen LogP contribution in [0.2, 0.25) is 5.02 Å². The maximum absolute atomic E-state index is 13.4. The lowest BCUT2D eigenvalue weighted by atomic mass is 10.1. The summed E-state index contributed by atoms with van der Waals surface area (Å²) in [6.07, 6.45) is 1.44. The number of halogens is 2. The number of carbonyl (C=O) groups excluding carboxylic acids is 2. The molecule has 1 aliphatic heterocycles. The average Bonchev–Trinajstić information content (AvgIpc) is 3.06. The number of hydrogen-bond acceptors (Lipinski definition) is 7. The summed E-state index contributed by atoms with van der Waals surface area (Å²) in [6.45, 7) is -0.347. The molecule has 9 heteroatoms. The Morgan fingerprint density at radius 3 is 2.76 bits per heavy atom. The van der Waals surface area contributed by atoms with Crippen molar-refractivity contribution < 1.29 is 32.9 Å². The van der Waals surface area contributed by atoms with Crippen molar-refractivity contribution in [3.63, 3.8) is 0 Å². The molecule has 0 radical (unpaired) electrons. The van der Waals surface area contributed by atoms with E-state index in [9.17, 15) is 14.0 Å². The van der Waals surface area contributed by atoms with E-state index in [4.69, 9.17) is 25.8 Å². The van der Waals surface area contributed by atoms with Crippen molar-refractivity contribution in [1.29, 1.82) is 0 Å². The molecule has 0 fully saturated rings. The highest BCUT2D eigenvalue weighted by Gasteiger charge is 2.25. The van der Waals surface area contributed by atoms with Crippen LogP contribution in [0.5, 0.6) is 11.5 Å². The van der Waals surface area contributed by atoms with Crippen molar-refractivity contribution in [1.82, 2.24) is 0 Å². The van der Waals surface area contributed by atoms with Crippen molar-refractivity contribution in [2.75, 3.05) is 20.8 Å². The van der Waals surface area contributed by atoms with E-state index in [2.05, 4.69) is 9.73 Å². The Hall–Kier alpha value is -3.39. The fourth-order valence-corrected chi connectivity index (χ4v) is 2.74. The lowest BCUT2D eigenvalue weighted by Crippen LogP contribution is -2.13. The Balaban J connectivity index is 1.90. The molecule has 1 heterocycles. The predicted molar refractivity (Wildman–Crippen MR) is 103 cm³/mol. The topological polar surface area (TPSA) is 83.4 Å². The van der Waals surface area contributed by atoms with Crippen LogP contribution in [-0.4, -0.2) is 38.7 Å². The largest absolute Gasteiger partial charge is 0.493 e. The molecule has 0 amide bonds. The Morgan fingerprint density at radius 2 is 2.07 bits per heavy atom. The second kappa shape index (κ2) is 8.74. The first-order valence-corrected chi connectivity index (χ1v) is 8.64. The SMILES string of the molecule is COC(=O)COc1c(Cl)cc(/C=C2\N=C(c3cccc(F)c3)OC2=O)cc1OC. The molecule has 0 aromatic heterocycles. The first-order valence-electron chi connectivity index (χ1n) is 8.27. The third-order valence-electron chi connectivity index (χ3n) is 3.81. The average molecular weight is 420 g/mol. The number of nitrogens with zero attached hydrogens (tertiary/aromatic N) is 1. The van der Waals surface area contributed by atoms with Crippen molar-refractivity contribution in [3.8, 4) is 11.5 Å². The number of ether oxygens (including phenoxy) is 4. The molecule has 0 N–H and O–H groups in total. The van der Waals surface area contributed by atoms with E-state index in [1.54, 1.807) is 12.1 Å². The Labute approximate surface area is 170 Å². The normalized spacial score (nSPS) is 14.4. The van der Waals surface area contributed by atoms with Crippen molar-refractivity contribution >= 4 is 35.5 Å². The standard InChI is InChI=1S/C20H15ClFNO6/c1-26-16-8-11(6-14(21)18(16)28-10-17(24)27-2)7-15-20(25)29-19(23-15)12-4-3-5-13(22)9-12/h3-9H,10H2,1-2H3/b15-7-. The molecule has 3 rings (SSSR count). The zero-order valence-corrected chi connectivity index (χ0v) is 16.2. The quantitative estimate of drug-likeness (QED) is 0.527. The molecule has 0 saturated heterocycles. The van der Waals surface area contributed by atoms with Crippen molar-refractivity contribution in [2.24, 2.45) is 4.99 Å². The van der Waals surface area contributed by atoms with Gasteiger partial charge in [0.15, 0.2) is 23.8 Å². The third kappa shape index (κ3) is 4.72. The maximum Gasteiger partial charge on any atom is 0.363 e. The maximum atomic E-state index is 13.4. The zero-order chi connectivity index (χ0) is 21.0. The Morgan fingerprint density at radius 1 is 1.28 bits per heavy atom. The van der Waals surface area contributed by atoms with E-state index in [1.165, 1.54) is 44.6 Å². The number of carbonyl (C=O) groups is 2. The smallest absolute Gasteiger partial charge is 0.363 e. The van der Waals surface area contributed by atoms with Gasteiger partial charge in [-0.3, -0.25) is 0 Å². The molecular weight excluding hydrogens is 405 g/mol. The number of methoxy groups -OCH3 is 2. The molecule has 0 bridgehead atoms. The molecule has 0 saturated carbocycles. The van der Waals surface area contributed by atoms with Crippen LogP contribution in [0.1, 0.15) is 11.1 Å². The minimum atomic E-state index is -0.689. The van der Waals surface area contributed by atoms with Gasteiger partial charge in [0, 0.05) is 5.56 Å². The van der Waals surface area contributed by atoms with Gasteiger partial charge >= 0.3 is 11.9 Å². The van der Waals surface area contributed by atoms with Gasteiger partial charge in [-0.25, -0.2) is 19.0 Å². The van der Waals surface area contributed by atoms with E-state index in [0.29, 0.717) is 11.1 Å². The van der Waals surface area contributed by atoms with Crippen molar-refractivity contribution in [3.05, 3.63) is 64.1 Å². The van der Waals surface area contributed by atoms with Gasteiger partial charge in [-0.2, -0.15) is 0 Å². The van der Waals surface area contributed by atoms with E-state index in [0.717, 1.165) is 0 Å². The molecule has 29 heavy (non-hydrogen) atoms. The van der Waals surface area contributed by atoms with Gasteiger partial charge in [0.1, 0.15) is 5.82 Å². The predicted octanol–water partition coefficient (Wildman–Crippen LogP) is 3.38. The molecule has 0 atom stereocenters. The molecule has 0 aliphatic carbocycles. The van der Waals surface area contributed by atoms with Gasteiger partial charge in [0.05, 0.1) is 19.2 Å². The molecular formula is C20H15ClFNO6. The monoisotopic (exact) mass is 419 g/mol. The fraction of sp³-hybridized carbons (Fsp3) is 0.150. The fourth-order valence-electron chi connectivity index (χ4n) is 2.47. The molecule has 2 aromatic rings. The number of esters is 2. The van der Waals surface area contributed by atoms with Crippen LogP contribution in [0.15, 0.2) is 47.1 Å². The highest BCUT2D eigenvalue weighted by atomic mass is 35.5. The minimum Gasteiger partial charge on any atom is -0.493 e. The molecule has 1 aliphatic rings. The van der Waals surface area contributed by atoms with E-state index in [-0.39, 0.29) is 34.7 Å². The summed E-state index contributed by atoms with van der Waals surface area (Å²) in [5, 5.41) is 0.154. The van der Waals surface area contributed by atoms with E-state index >= 15 is 0 Å². The van der Waals surface area contributed by atoms with E-state index < -0.39 is 17.8 Å². The summed E-state index contributed by atoms with van der Waals surface area (Å²) in [7, 11) is 2.64. The zero-order valence-electron chi connectivity index (χ0n) is 15.4. The Kier molecular flexibility index (Phi) is 6.13. The van der Waals surface area contributed by atoms with Crippen LogP contribution >= 0.6 is 11.6 Å². The summed E-state index contributed by atoms with van der Waals surface area (Å²) in [6, 6.07) is 8.60. The number of rotatable bonds is 6. The summed E-state index contributed by atoms with van der Waals surface area (Å²) in [5.74, 6) is -1.35. The third-order valence-corrected chi connectivity index (χ3v) is 4.09. The highest BCUT2D eigenvalue weighted by Crippen LogP contribution is 2.37. The number of cyclic esters (lactones) is 1. The number of hydrogen-bond donors (Lipinski definition) is 0. The highest BCUT2D eigenvalue weighted by molar-refractivity contribution is 6.32. The second-order valence-electron chi connectivity index (χ2n) is 5.75. The van der Waals surface area contributed by atoms with E-state index in [1.807, 2.05) is 0 Å². The molecule has 0 spiro atoms. The number of benzene rings is 2. The second-order valence-corrected chi connectivity index (χ2v) is 6.15. The lowest BCUT2D eigenvalue weighted by molar-refractivity contribution is -0.143. The van der Waals surface area contributed by atoms with Gasteiger partial charge in [-0.15, -0.1) is 0 Å². The van der Waals surface area contributed by atoms with Crippen LogP contribution in [0, 0.1) is 5.82 Å². The van der Waals surface area contributed by atoms with Gasteiger partial charge in [-0.05, 0) is 42.0 Å². The van der Waals surface area contributed by atoms with Crippen LogP contribution < -0.4 is 9.47 Å². The first kappa shape index (κ1) is 20.3. The van der Waals surface area contributed by atoms with Gasteiger partial charge < -0.3 is 18.9 Å². The molecule has 0 unspecified atom stereocenters. The van der Waals surface area contributed by atoms with Gasteiger partial charge in [0.2, 0.25) is 5.90 Å². The summed E-state index contributed by atoms with van der Waals surface area (Å²) in [5.41, 5.74) is 0.822. The summed E-state index contributed by atoms with van der Waals surface area (Å²) >= 11 is 6.22. The number of aliphatic imine (C=N–C) groups is 1.